The molecule has 0 unspecified atom stereocenters. The van der Waals surface area contributed by atoms with Crippen LogP contribution >= 0.6 is 0 Å². The van der Waals surface area contributed by atoms with E-state index in [1.165, 1.54) is 0 Å². The van der Waals surface area contributed by atoms with Gasteiger partial charge in [0, 0.05) is 31.7 Å². The Kier molecular flexibility index (Phi) is 3.44. The Labute approximate surface area is 117 Å². The van der Waals surface area contributed by atoms with Gasteiger partial charge < -0.3 is 14.9 Å². The van der Waals surface area contributed by atoms with Crippen LogP contribution in [0.15, 0.2) is 24.3 Å². The molecule has 0 bridgehead atoms. The lowest BCUT2D eigenvalue weighted by Crippen LogP contribution is -2.53. The van der Waals surface area contributed by atoms with Crippen LogP contribution in [0.25, 0.3) is 0 Å². The third-order valence-electron chi connectivity index (χ3n) is 3.89. The van der Waals surface area contributed by atoms with Gasteiger partial charge in [0.15, 0.2) is 0 Å². The van der Waals surface area contributed by atoms with E-state index in [9.17, 15) is 14.7 Å². The predicted molar refractivity (Wildman–Crippen MR) is 74.3 cm³/mol. The standard InChI is InChI=1S/C15H18N2O3/c18-13-9-16(10-13)15(20)8-11-3-5-12(6-4-11)17-7-1-2-14(17)19/h3-6,13,18H,1-2,7-10H2. The van der Waals surface area contributed by atoms with Crippen molar-refractivity contribution in [2.45, 2.75) is 25.4 Å². The highest BCUT2D eigenvalue weighted by Crippen LogP contribution is 2.22. The lowest BCUT2D eigenvalue weighted by Gasteiger charge is -2.35. The molecule has 5 heteroatoms. The molecule has 2 amide bonds. The highest BCUT2D eigenvalue weighted by Gasteiger charge is 2.28. The minimum Gasteiger partial charge on any atom is -0.389 e. The second-order valence-corrected chi connectivity index (χ2v) is 5.44. The minimum absolute atomic E-state index is 0.0419. The molecular weight excluding hydrogens is 256 g/mol. The van der Waals surface area contributed by atoms with Gasteiger partial charge in [0.1, 0.15) is 0 Å². The summed E-state index contributed by atoms with van der Waals surface area (Å²) in [6.07, 6.45) is 1.52. The Morgan fingerprint density at radius 2 is 1.95 bits per heavy atom. The lowest BCUT2D eigenvalue weighted by molar-refractivity contribution is -0.140. The Morgan fingerprint density at radius 3 is 2.50 bits per heavy atom. The van der Waals surface area contributed by atoms with E-state index in [0.29, 0.717) is 25.9 Å². The average molecular weight is 274 g/mol. The first-order valence-electron chi connectivity index (χ1n) is 6.98. The third-order valence-corrected chi connectivity index (χ3v) is 3.89. The second kappa shape index (κ2) is 5.25. The smallest absolute Gasteiger partial charge is 0.227 e. The number of carbonyl (C=O) groups is 2. The molecule has 0 aromatic heterocycles. The first-order valence-corrected chi connectivity index (χ1v) is 6.98. The summed E-state index contributed by atoms with van der Waals surface area (Å²) in [7, 11) is 0. The highest BCUT2D eigenvalue weighted by molar-refractivity contribution is 5.95. The highest BCUT2D eigenvalue weighted by atomic mass is 16.3. The summed E-state index contributed by atoms with van der Waals surface area (Å²) < 4.78 is 0. The van der Waals surface area contributed by atoms with Gasteiger partial charge in [-0.2, -0.15) is 0 Å². The topological polar surface area (TPSA) is 60.9 Å². The molecule has 3 rings (SSSR count). The van der Waals surface area contributed by atoms with Gasteiger partial charge in [-0.1, -0.05) is 12.1 Å². The molecule has 2 aliphatic heterocycles. The molecule has 5 nitrogen and oxygen atoms in total. The maximum atomic E-state index is 11.9. The van der Waals surface area contributed by atoms with Gasteiger partial charge in [-0.3, -0.25) is 9.59 Å². The number of benzene rings is 1. The molecule has 0 saturated carbocycles. The predicted octanol–water partition coefficient (Wildman–Crippen LogP) is 0.559. The van der Waals surface area contributed by atoms with Crippen LogP contribution in [0.5, 0.6) is 0 Å². The van der Waals surface area contributed by atoms with Crippen LogP contribution in [0.4, 0.5) is 5.69 Å². The summed E-state index contributed by atoms with van der Waals surface area (Å²) in [5.41, 5.74) is 1.84. The van der Waals surface area contributed by atoms with E-state index in [2.05, 4.69) is 0 Å². The van der Waals surface area contributed by atoms with E-state index in [1.807, 2.05) is 24.3 Å². The van der Waals surface area contributed by atoms with Crippen molar-refractivity contribution < 1.29 is 14.7 Å². The van der Waals surface area contributed by atoms with Crippen LogP contribution in [0.3, 0.4) is 0 Å². The molecule has 0 atom stereocenters. The largest absolute Gasteiger partial charge is 0.389 e. The summed E-state index contributed by atoms with van der Waals surface area (Å²) in [6.45, 7) is 1.67. The summed E-state index contributed by atoms with van der Waals surface area (Å²) in [5, 5.41) is 9.18. The van der Waals surface area contributed by atoms with Crippen molar-refractivity contribution >= 4 is 17.5 Å². The molecule has 20 heavy (non-hydrogen) atoms. The SMILES string of the molecule is O=C(Cc1ccc(N2CCCC2=O)cc1)N1CC(O)C1. The van der Waals surface area contributed by atoms with Gasteiger partial charge >= 0.3 is 0 Å². The Balaban J connectivity index is 1.61. The fourth-order valence-corrected chi connectivity index (χ4v) is 2.66. The molecule has 2 saturated heterocycles. The first kappa shape index (κ1) is 13.1. The normalized spacial score (nSPS) is 19.4. The monoisotopic (exact) mass is 274 g/mol. The molecule has 1 aromatic rings. The van der Waals surface area contributed by atoms with Crippen LogP contribution in [0.2, 0.25) is 0 Å². The van der Waals surface area contributed by atoms with Gasteiger partial charge in [-0.05, 0) is 24.1 Å². The van der Waals surface area contributed by atoms with Crippen molar-refractivity contribution in [2.24, 2.45) is 0 Å². The zero-order valence-electron chi connectivity index (χ0n) is 11.3. The van der Waals surface area contributed by atoms with Crippen molar-refractivity contribution in [1.29, 1.82) is 0 Å². The Hall–Kier alpha value is -1.88. The number of carbonyl (C=O) groups excluding carboxylic acids is 2. The number of nitrogens with zero attached hydrogens (tertiary/aromatic N) is 2. The van der Waals surface area contributed by atoms with Gasteiger partial charge in [0.05, 0.1) is 12.5 Å². The molecule has 0 radical (unpaired) electrons. The molecule has 2 aliphatic rings. The van der Waals surface area contributed by atoms with E-state index in [-0.39, 0.29) is 17.9 Å². The van der Waals surface area contributed by atoms with E-state index in [0.717, 1.165) is 24.2 Å². The maximum Gasteiger partial charge on any atom is 0.227 e. The van der Waals surface area contributed by atoms with E-state index >= 15 is 0 Å². The summed E-state index contributed by atoms with van der Waals surface area (Å²) >= 11 is 0. The molecule has 2 fully saturated rings. The number of β-amino-alcohol motifs (C(OH)–C–C–N with tert-alkyl or cyclic N) is 1. The number of hydrogen-bond acceptors (Lipinski definition) is 3. The lowest BCUT2D eigenvalue weighted by atomic mass is 10.1. The third kappa shape index (κ3) is 2.54. The minimum atomic E-state index is -0.359. The first-order chi connectivity index (χ1) is 9.63. The van der Waals surface area contributed by atoms with E-state index in [4.69, 9.17) is 0 Å². The number of amides is 2. The molecule has 1 N–H and O–H groups in total. The maximum absolute atomic E-state index is 11.9. The van der Waals surface area contributed by atoms with Crippen molar-refractivity contribution in [1.82, 2.24) is 4.90 Å². The van der Waals surface area contributed by atoms with Crippen LogP contribution in [-0.2, 0) is 16.0 Å². The molecular formula is C15H18N2O3. The molecule has 106 valence electrons. The number of aliphatic hydroxyl groups is 1. The Bertz CT molecular complexity index is 520. The zero-order valence-corrected chi connectivity index (χ0v) is 11.3. The zero-order chi connectivity index (χ0) is 14.1. The quantitative estimate of drug-likeness (QED) is 0.876. The average Bonchev–Trinajstić information content (AvgIpc) is 2.82. The molecule has 0 aliphatic carbocycles. The number of aliphatic hydroxyl groups excluding tert-OH is 1. The number of hydrogen-bond donors (Lipinski definition) is 1. The fraction of sp³-hybridized carbons (Fsp3) is 0.467. The van der Waals surface area contributed by atoms with Crippen molar-refractivity contribution in [2.75, 3.05) is 24.5 Å². The van der Waals surface area contributed by atoms with Crippen molar-refractivity contribution in [3.05, 3.63) is 29.8 Å². The number of rotatable bonds is 3. The van der Waals surface area contributed by atoms with Gasteiger partial charge in [0.2, 0.25) is 11.8 Å². The van der Waals surface area contributed by atoms with Gasteiger partial charge in [0.25, 0.3) is 0 Å². The Morgan fingerprint density at radius 1 is 1.25 bits per heavy atom. The summed E-state index contributed by atoms with van der Waals surface area (Å²) in [6, 6.07) is 7.59. The van der Waals surface area contributed by atoms with Gasteiger partial charge in [-0.15, -0.1) is 0 Å². The number of likely N-dealkylation sites (tertiary alicyclic amines) is 1. The van der Waals surface area contributed by atoms with Crippen LogP contribution in [-0.4, -0.2) is 47.6 Å². The van der Waals surface area contributed by atoms with E-state index in [1.54, 1.807) is 9.80 Å². The summed E-state index contributed by atoms with van der Waals surface area (Å²) in [4.78, 5) is 27.0. The van der Waals surface area contributed by atoms with Crippen molar-refractivity contribution in [3.63, 3.8) is 0 Å². The molecule has 2 heterocycles. The second-order valence-electron chi connectivity index (χ2n) is 5.44. The van der Waals surface area contributed by atoms with Gasteiger partial charge in [-0.25, -0.2) is 0 Å². The van der Waals surface area contributed by atoms with Crippen LogP contribution < -0.4 is 4.90 Å². The van der Waals surface area contributed by atoms with Crippen LogP contribution in [0, 0.1) is 0 Å². The number of anilines is 1. The fourth-order valence-electron chi connectivity index (χ4n) is 2.66. The van der Waals surface area contributed by atoms with Crippen LogP contribution in [0.1, 0.15) is 18.4 Å². The summed E-state index contributed by atoms with van der Waals surface area (Å²) in [5.74, 6) is 0.212. The van der Waals surface area contributed by atoms with E-state index < -0.39 is 0 Å². The molecule has 0 spiro atoms. The molecule has 1 aromatic carbocycles. The van der Waals surface area contributed by atoms with Crippen molar-refractivity contribution in [3.8, 4) is 0 Å².